The Bertz CT molecular complexity index is 681. The van der Waals surface area contributed by atoms with E-state index in [2.05, 4.69) is 5.32 Å². The normalized spacial score (nSPS) is 11.3. The molecule has 6 heteroatoms. The highest BCUT2D eigenvalue weighted by molar-refractivity contribution is 6.31. The topological polar surface area (TPSA) is 62.1 Å². The van der Waals surface area contributed by atoms with E-state index in [4.69, 9.17) is 33.2 Å². The van der Waals surface area contributed by atoms with E-state index >= 15 is 0 Å². The van der Waals surface area contributed by atoms with Crippen LogP contribution in [0.1, 0.15) is 11.7 Å². The lowest BCUT2D eigenvalue weighted by atomic mass is 10.1. The summed E-state index contributed by atoms with van der Waals surface area (Å²) in [6.45, 7) is 0. The van der Waals surface area contributed by atoms with Gasteiger partial charge in [0.15, 0.2) is 6.19 Å². The Hall–Kier alpha value is -2.22. The smallest absolute Gasteiger partial charge is 0.278 e. The number of nitrogens with zero attached hydrogens (tertiary/aromatic N) is 1. The number of nitriles is 1. The lowest BCUT2D eigenvalue weighted by Crippen LogP contribution is -2.29. The minimum Gasteiger partial charge on any atom is -0.476 e. The number of hydrogen-bond donors (Lipinski definition) is 1. The third-order valence-corrected chi connectivity index (χ3v) is 3.27. The first kappa shape index (κ1) is 15.2. The van der Waals surface area contributed by atoms with E-state index in [0.29, 0.717) is 21.4 Å². The minimum atomic E-state index is -1.03. The number of halogens is 2. The summed E-state index contributed by atoms with van der Waals surface area (Å²) in [6, 6.07) is 13.3. The SMILES string of the molecule is N#CNC(=O)C(Oc1ccc(Cl)cc1)c1ccccc1Cl. The fourth-order valence-electron chi connectivity index (χ4n) is 1.72. The molecular formula is C15H10Cl2N2O2. The van der Waals surface area contributed by atoms with Crippen LogP contribution in [0.5, 0.6) is 5.75 Å². The van der Waals surface area contributed by atoms with Crippen molar-refractivity contribution in [1.82, 2.24) is 5.32 Å². The summed E-state index contributed by atoms with van der Waals surface area (Å²) in [5.74, 6) is -0.155. The summed E-state index contributed by atoms with van der Waals surface area (Å²) in [6.07, 6.45) is 0.560. The number of nitrogens with one attached hydrogen (secondary N) is 1. The van der Waals surface area contributed by atoms with Gasteiger partial charge in [0.2, 0.25) is 6.10 Å². The number of amides is 1. The Morgan fingerprint density at radius 2 is 1.81 bits per heavy atom. The molecule has 0 aliphatic heterocycles. The van der Waals surface area contributed by atoms with Crippen molar-refractivity contribution < 1.29 is 9.53 Å². The zero-order valence-corrected chi connectivity index (χ0v) is 12.2. The molecule has 21 heavy (non-hydrogen) atoms. The van der Waals surface area contributed by atoms with E-state index < -0.39 is 12.0 Å². The van der Waals surface area contributed by atoms with Crippen molar-refractivity contribution in [2.45, 2.75) is 6.10 Å². The summed E-state index contributed by atoms with van der Waals surface area (Å²) < 4.78 is 5.64. The monoisotopic (exact) mass is 320 g/mol. The van der Waals surface area contributed by atoms with Crippen LogP contribution in [0, 0.1) is 11.5 Å². The van der Waals surface area contributed by atoms with Crippen molar-refractivity contribution in [3.63, 3.8) is 0 Å². The van der Waals surface area contributed by atoms with Crippen molar-refractivity contribution in [2.75, 3.05) is 0 Å². The summed E-state index contributed by atoms with van der Waals surface area (Å²) in [4.78, 5) is 12.0. The fraction of sp³-hybridized carbons (Fsp3) is 0.0667. The van der Waals surface area contributed by atoms with E-state index in [1.165, 1.54) is 0 Å². The van der Waals surface area contributed by atoms with Crippen LogP contribution in [-0.4, -0.2) is 5.91 Å². The molecule has 0 saturated carbocycles. The van der Waals surface area contributed by atoms with Crippen molar-refractivity contribution in [3.05, 3.63) is 64.1 Å². The van der Waals surface area contributed by atoms with Crippen LogP contribution in [0.25, 0.3) is 0 Å². The number of hydrogen-bond acceptors (Lipinski definition) is 3. The Morgan fingerprint density at radius 1 is 1.14 bits per heavy atom. The first-order valence-corrected chi connectivity index (χ1v) is 6.73. The van der Waals surface area contributed by atoms with Gasteiger partial charge in [-0.15, -0.1) is 0 Å². The van der Waals surface area contributed by atoms with Crippen LogP contribution in [-0.2, 0) is 4.79 Å². The quantitative estimate of drug-likeness (QED) is 0.690. The van der Waals surface area contributed by atoms with Gasteiger partial charge in [-0.3, -0.25) is 10.1 Å². The predicted molar refractivity (Wildman–Crippen MR) is 80.0 cm³/mol. The molecule has 2 aromatic carbocycles. The maximum Gasteiger partial charge on any atom is 0.278 e. The second-order valence-electron chi connectivity index (χ2n) is 4.07. The summed E-state index contributed by atoms with van der Waals surface area (Å²) in [5.41, 5.74) is 0.474. The van der Waals surface area contributed by atoms with Gasteiger partial charge in [0.05, 0.1) is 0 Å². The van der Waals surface area contributed by atoms with Crippen LogP contribution in [0.2, 0.25) is 10.0 Å². The molecule has 0 aromatic heterocycles. The Labute approximate surface area is 131 Å². The van der Waals surface area contributed by atoms with Crippen LogP contribution in [0.3, 0.4) is 0 Å². The largest absolute Gasteiger partial charge is 0.476 e. The molecule has 1 N–H and O–H groups in total. The third-order valence-electron chi connectivity index (χ3n) is 2.67. The summed E-state index contributed by atoms with van der Waals surface area (Å²) >= 11 is 11.9. The molecule has 4 nitrogen and oxygen atoms in total. The average Bonchev–Trinajstić information content (AvgIpc) is 2.48. The minimum absolute atomic E-state index is 0.379. The number of benzene rings is 2. The van der Waals surface area contributed by atoms with Gasteiger partial charge in [-0.2, -0.15) is 5.26 Å². The zero-order chi connectivity index (χ0) is 15.2. The van der Waals surface area contributed by atoms with Gasteiger partial charge in [0.1, 0.15) is 5.75 Å². The van der Waals surface area contributed by atoms with Crippen molar-refractivity contribution in [1.29, 1.82) is 5.26 Å². The molecule has 1 amide bonds. The number of carbonyl (C=O) groups excluding carboxylic acids is 1. The van der Waals surface area contributed by atoms with Gasteiger partial charge in [-0.25, -0.2) is 0 Å². The molecule has 0 radical (unpaired) electrons. The molecule has 0 saturated heterocycles. The lowest BCUT2D eigenvalue weighted by molar-refractivity contribution is -0.127. The zero-order valence-electron chi connectivity index (χ0n) is 10.7. The highest BCUT2D eigenvalue weighted by Crippen LogP contribution is 2.28. The Morgan fingerprint density at radius 3 is 2.43 bits per heavy atom. The first-order valence-electron chi connectivity index (χ1n) is 5.97. The van der Waals surface area contributed by atoms with E-state index in [9.17, 15) is 4.79 Å². The van der Waals surface area contributed by atoms with Gasteiger partial charge in [0.25, 0.3) is 5.91 Å². The molecule has 0 heterocycles. The molecular weight excluding hydrogens is 311 g/mol. The molecule has 0 bridgehead atoms. The van der Waals surface area contributed by atoms with E-state index in [1.54, 1.807) is 54.7 Å². The third kappa shape index (κ3) is 3.88. The van der Waals surface area contributed by atoms with Gasteiger partial charge in [-0.05, 0) is 30.3 Å². The average molecular weight is 321 g/mol. The van der Waals surface area contributed by atoms with E-state index in [1.807, 2.05) is 0 Å². The molecule has 0 fully saturated rings. The maximum absolute atomic E-state index is 12.0. The van der Waals surface area contributed by atoms with Gasteiger partial charge in [0, 0.05) is 15.6 Å². The molecule has 2 aromatic rings. The van der Waals surface area contributed by atoms with Crippen molar-refractivity contribution in [3.8, 4) is 11.9 Å². The highest BCUT2D eigenvalue weighted by atomic mass is 35.5. The maximum atomic E-state index is 12.0. The second kappa shape index (κ2) is 6.98. The van der Waals surface area contributed by atoms with Crippen LogP contribution >= 0.6 is 23.2 Å². The van der Waals surface area contributed by atoms with Gasteiger partial charge >= 0.3 is 0 Å². The number of carbonyl (C=O) groups is 1. The number of ether oxygens (including phenoxy) is 1. The summed E-state index contributed by atoms with van der Waals surface area (Å²) in [7, 11) is 0. The molecule has 1 unspecified atom stereocenters. The standard InChI is InChI=1S/C15H10Cl2N2O2/c16-10-5-7-11(8-6-10)21-14(15(20)19-9-18)12-3-1-2-4-13(12)17/h1-8,14H,(H,19,20). The van der Waals surface area contributed by atoms with Crippen LogP contribution in [0.4, 0.5) is 0 Å². The number of rotatable bonds is 4. The Balaban J connectivity index is 2.33. The van der Waals surface area contributed by atoms with Gasteiger partial charge < -0.3 is 4.74 Å². The van der Waals surface area contributed by atoms with Crippen molar-refractivity contribution in [2.24, 2.45) is 0 Å². The van der Waals surface area contributed by atoms with E-state index in [-0.39, 0.29) is 0 Å². The van der Waals surface area contributed by atoms with Crippen LogP contribution in [0.15, 0.2) is 48.5 Å². The fourth-order valence-corrected chi connectivity index (χ4v) is 2.08. The van der Waals surface area contributed by atoms with E-state index in [0.717, 1.165) is 0 Å². The lowest BCUT2D eigenvalue weighted by Gasteiger charge is -2.18. The molecule has 2 rings (SSSR count). The van der Waals surface area contributed by atoms with Gasteiger partial charge in [-0.1, -0.05) is 41.4 Å². The molecule has 0 aliphatic rings. The first-order chi connectivity index (χ1) is 10.1. The summed E-state index contributed by atoms with van der Waals surface area (Å²) in [5, 5.41) is 11.6. The second-order valence-corrected chi connectivity index (χ2v) is 4.92. The molecule has 106 valence electrons. The molecule has 1 atom stereocenters. The van der Waals surface area contributed by atoms with Crippen molar-refractivity contribution >= 4 is 29.1 Å². The van der Waals surface area contributed by atoms with Crippen LogP contribution < -0.4 is 10.1 Å². The molecule has 0 spiro atoms. The Kier molecular flexibility index (Phi) is 5.04. The predicted octanol–water partition coefficient (Wildman–Crippen LogP) is 3.71. The highest BCUT2D eigenvalue weighted by Gasteiger charge is 2.24. The molecule has 0 aliphatic carbocycles.